The van der Waals surface area contributed by atoms with Crippen LogP contribution in [-0.4, -0.2) is 33.0 Å². The van der Waals surface area contributed by atoms with Crippen LogP contribution in [0.15, 0.2) is 60.8 Å². The zero-order valence-corrected chi connectivity index (χ0v) is 17.4. The highest BCUT2D eigenvalue weighted by molar-refractivity contribution is 7.15. The van der Waals surface area contributed by atoms with E-state index in [-0.39, 0.29) is 22.3 Å². The highest BCUT2D eigenvalue weighted by Crippen LogP contribution is 2.31. The molecule has 2 aromatic heterocycles. The predicted octanol–water partition coefficient (Wildman–Crippen LogP) is 4.59. The SMILES string of the molecule is COc1cn(-c2cccc(C(F)(F)F)c2)nc1C(=O)Nc1nnc(Cc2ccccc2)s1. The fourth-order valence-corrected chi connectivity index (χ4v) is 3.69. The van der Waals surface area contributed by atoms with Gasteiger partial charge in [0.1, 0.15) is 5.01 Å². The second-order valence-corrected chi connectivity index (χ2v) is 7.72. The third-order valence-electron chi connectivity index (χ3n) is 4.44. The molecule has 0 aliphatic carbocycles. The van der Waals surface area contributed by atoms with Crippen LogP contribution in [0.2, 0.25) is 0 Å². The number of carbonyl (C=O) groups is 1. The molecule has 32 heavy (non-hydrogen) atoms. The van der Waals surface area contributed by atoms with Gasteiger partial charge in [-0.1, -0.05) is 47.7 Å². The number of rotatable bonds is 6. The van der Waals surface area contributed by atoms with Crippen molar-refractivity contribution in [1.29, 1.82) is 0 Å². The highest BCUT2D eigenvalue weighted by Gasteiger charge is 2.31. The van der Waals surface area contributed by atoms with Crippen LogP contribution in [0.4, 0.5) is 18.3 Å². The lowest BCUT2D eigenvalue weighted by Crippen LogP contribution is -2.14. The third kappa shape index (κ3) is 4.78. The number of ether oxygens (including phenoxy) is 1. The van der Waals surface area contributed by atoms with Gasteiger partial charge >= 0.3 is 6.18 Å². The van der Waals surface area contributed by atoms with Crippen LogP contribution in [0.1, 0.15) is 26.6 Å². The summed E-state index contributed by atoms with van der Waals surface area (Å²) in [7, 11) is 1.34. The topological polar surface area (TPSA) is 81.9 Å². The first-order chi connectivity index (χ1) is 15.3. The zero-order chi connectivity index (χ0) is 22.7. The molecular weight excluding hydrogens is 443 g/mol. The van der Waals surface area contributed by atoms with Gasteiger partial charge in [0, 0.05) is 6.42 Å². The summed E-state index contributed by atoms with van der Waals surface area (Å²) < 4.78 is 45.4. The van der Waals surface area contributed by atoms with Gasteiger partial charge < -0.3 is 4.74 Å². The van der Waals surface area contributed by atoms with Crippen LogP contribution in [0.25, 0.3) is 5.69 Å². The first-order valence-corrected chi connectivity index (χ1v) is 10.1. The number of methoxy groups -OCH3 is 1. The van der Waals surface area contributed by atoms with Crippen molar-refractivity contribution in [2.24, 2.45) is 0 Å². The third-order valence-corrected chi connectivity index (χ3v) is 5.28. The Bertz CT molecular complexity index is 1240. The van der Waals surface area contributed by atoms with Gasteiger partial charge in [-0.2, -0.15) is 18.3 Å². The summed E-state index contributed by atoms with van der Waals surface area (Å²) in [6.07, 6.45) is -2.59. The molecule has 0 saturated carbocycles. The minimum atomic E-state index is -4.50. The molecule has 7 nitrogen and oxygen atoms in total. The van der Waals surface area contributed by atoms with E-state index >= 15 is 0 Å². The number of anilines is 1. The number of hydrogen-bond acceptors (Lipinski definition) is 6. The smallest absolute Gasteiger partial charge is 0.416 e. The summed E-state index contributed by atoms with van der Waals surface area (Å²) in [6.45, 7) is 0. The fraction of sp³-hybridized carbons (Fsp3) is 0.143. The van der Waals surface area contributed by atoms with E-state index in [1.54, 1.807) is 0 Å². The van der Waals surface area contributed by atoms with E-state index < -0.39 is 17.6 Å². The molecule has 0 bridgehead atoms. The zero-order valence-electron chi connectivity index (χ0n) is 16.6. The summed E-state index contributed by atoms with van der Waals surface area (Å²) in [4.78, 5) is 12.7. The Kier molecular flexibility index (Phi) is 5.91. The van der Waals surface area contributed by atoms with E-state index in [9.17, 15) is 18.0 Å². The standard InChI is InChI=1S/C21H16F3N5O2S/c1-31-16-12-29(15-9-5-8-14(11-15)21(22,23)24)28-18(16)19(30)25-20-27-26-17(32-20)10-13-6-3-2-4-7-13/h2-9,11-12H,10H2,1H3,(H,25,27,30). The van der Waals surface area contributed by atoms with Gasteiger partial charge in [0.05, 0.1) is 24.6 Å². The maximum absolute atomic E-state index is 13.0. The number of aromatic nitrogens is 4. The molecule has 4 rings (SSSR count). The van der Waals surface area contributed by atoms with Crippen molar-refractivity contribution < 1.29 is 22.7 Å². The molecule has 0 atom stereocenters. The number of carbonyl (C=O) groups excluding carboxylic acids is 1. The molecule has 0 saturated heterocycles. The molecule has 0 aliphatic heterocycles. The van der Waals surface area contributed by atoms with Crippen LogP contribution in [-0.2, 0) is 12.6 Å². The number of alkyl halides is 3. The lowest BCUT2D eigenvalue weighted by atomic mass is 10.2. The van der Waals surface area contributed by atoms with Gasteiger partial charge in [0.25, 0.3) is 5.91 Å². The molecule has 4 aromatic rings. The van der Waals surface area contributed by atoms with E-state index in [0.29, 0.717) is 11.4 Å². The van der Waals surface area contributed by atoms with Gasteiger partial charge in [-0.3, -0.25) is 10.1 Å². The Morgan fingerprint density at radius 1 is 1.12 bits per heavy atom. The molecule has 2 aromatic carbocycles. The van der Waals surface area contributed by atoms with E-state index in [1.807, 2.05) is 30.3 Å². The van der Waals surface area contributed by atoms with Crippen molar-refractivity contribution in [1.82, 2.24) is 20.0 Å². The minimum absolute atomic E-state index is 0.0929. The molecule has 0 unspecified atom stereocenters. The summed E-state index contributed by atoms with van der Waals surface area (Å²) >= 11 is 1.22. The van der Waals surface area contributed by atoms with Crippen LogP contribution < -0.4 is 10.1 Å². The number of benzene rings is 2. The predicted molar refractivity (Wildman–Crippen MR) is 112 cm³/mol. The monoisotopic (exact) mass is 459 g/mol. The van der Waals surface area contributed by atoms with Crippen LogP contribution in [0.3, 0.4) is 0 Å². The molecule has 0 aliphatic rings. The van der Waals surface area contributed by atoms with Crippen molar-refractivity contribution in [3.05, 3.63) is 82.6 Å². The first-order valence-electron chi connectivity index (χ1n) is 9.32. The fourth-order valence-electron chi connectivity index (χ4n) is 2.92. The number of amides is 1. The van der Waals surface area contributed by atoms with Crippen molar-refractivity contribution in [3.8, 4) is 11.4 Å². The Hall–Kier alpha value is -3.73. The summed E-state index contributed by atoms with van der Waals surface area (Å²) in [5, 5.41) is 15.8. The molecule has 164 valence electrons. The molecule has 0 spiro atoms. The van der Waals surface area contributed by atoms with E-state index in [2.05, 4.69) is 20.6 Å². The van der Waals surface area contributed by atoms with Crippen molar-refractivity contribution in [3.63, 3.8) is 0 Å². The lowest BCUT2D eigenvalue weighted by Gasteiger charge is -2.08. The molecule has 2 heterocycles. The van der Waals surface area contributed by atoms with Crippen molar-refractivity contribution >= 4 is 22.4 Å². The van der Waals surface area contributed by atoms with Gasteiger partial charge in [-0.15, -0.1) is 10.2 Å². The normalized spacial score (nSPS) is 11.4. The second-order valence-electron chi connectivity index (χ2n) is 6.66. The highest BCUT2D eigenvalue weighted by atomic mass is 32.1. The van der Waals surface area contributed by atoms with Crippen molar-refractivity contribution in [2.75, 3.05) is 12.4 Å². The van der Waals surface area contributed by atoms with Gasteiger partial charge in [0.15, 0.2) is 11.4 Å². The second kappa shape index (κ2) is 8.79. The number of halogens is 3. The average Bonchev–Trinajstić information content (AvgIpc) is 3.41. The Balaban J connectivity index is 1.53. The number of nitrogens with one attached hydrogen (secondary N) is 1. The maximum atomic E-state index is 13.0. The lowest BCUT2D eigenvalue weighted by molar-refractivity contribution is -0.137. The maximum Gasteiger partial charge on any atom is 0.416 e. The Morgan fingerprint density at radius 2 is 1.91 bits per heavy atom. The first kappa shape index (κ1) is 21.5. The summed E-state index contributed by atoms with van der Waals surface area (Å²) in [5.41, 5.74) is 0.279. The molecule has 0 fully saturated rings. The number of nitrogens with zero attached hydrogens (tertiary/aromatic N) is 4. The van der Waals surface area contributed by atoms with E-state index in [1.165, 1.54) is 36.8 Å². The van der Waals surface area contributed by atoms with Crippen LogP contribution >= 0.6 is 11.3 Å². The Morgan fingerprint density at radius 3 is 2.62 bits per heavy atom. The van der Waals surface area contributed by atoms with Gasteiger partial charge in [0.2, 0.25) is 5.13 Å². The average molecular weight is 459 g/mol. The van der Waals surface area contributed by atoms with Crippen LogP contribution in [0, 0.1) is 0 Å². The van der Waals surface area contributed by atoms with Gasteiger partial charge in [-0.05, 0) is 23.8 Å². The molecule has 11 heteroatoms. The molecule has 0 radical (unpaired) electrons. The van der Waals surface area contributed by atoms with Crippen LogP contribution in [0.5, 0.6) is 5.75 Å². The summed E-state index contributed by atoms with van der Waals surface area (Å²) in [6, 6.07) is 14.3. The van der Waals surface area contributed by atoms with Crippen molar-refractivity contribution in [2.45, 2.75) is 12.6 Å². The molecule has 1 amide bonds. The molecular formula is C21H16F3N5O2S. The van der Waals surface area contributed by atoms with E-state index in [0.717, 1.165) is 22.4 Å². The minimum Gasteiger partial charge on any atom is -0.493 e. The molecule has 1 N–H and O–H groups in total. The van der Waals surface area contributed by atoms with Gasteiger partial charge in [-0.25, -0.2) is 4.68 Å². The largest absolute Gasteiger partial charge is 0.493 e. The quantitative estimate of drug-likeness (QED) is 0.456. The van der Waals surface area contributed by atoms with E-state index in [4.69, 9.17) is 4.74 Å². The summed E-state index contributed by atoms with van der Waals surface area (Å²) in [5.74, 6) is -0.510. The number of hydrogen-bond donors (Lipinski definition) is 1. The Labute approximate surface area is 184 Å².